The summed E-state index contributed by atoms with van der Waals surface area (Å²) in [6.07, 6.45) is 3.77. The number of imide groups is 1. The number of hydrogen-bond acceptors (Lipinski definition) is 6. The average molecular weight is 391 g/mol. The Bertz CT molecular complexity index is 748. The van der Waals surface area contributed by atoms with Crippen molar-refractivity contribution in [1.29, 1.82) is 0 Å². The lowest BCUT2D eigenvalue weighted by Gasteiger charge is -2.23. The average Bonchev–Trinajstić information content (AvgIpc) is 3.13. The van der Waals surface area contributed by atoms with Gasteiger partial charge in [-0.3, -0.25) is 19.7 Å². The lowest BCUT2D eigenvalue weighted by atomic mass is 10.2. The minimum absolute atomic E-state index is 0.0880. The summed E-state index contributed by atoms with van der Waals surface area (Å²) in [5, 5.41) is 6.96. The molecule has 1 aliphatic carbocycles. The van der Waals surface area contributed by atoms with E-state index in [1.54, 1.807) is 6.07 Å². The van der Waals surface area contributed by atoms with E-state index in [2.05, 4.69) is 16.0 Å². The van der Waals surface area contributed by atoms with Crippen LogP contribution in [0.3, 0.4) is 0 Å². The SMILES string of the molecule is O=C(COC(=O)CC1Sc2ccccc2NC1=O)NC(=O)NC1CCCC1. The summed E-state index contributed by atoms with van der Waals surface area (Å²) in [4.78, 5) is 48.3. The van der Waals surface area contributed by atoms with Crippen LogP contribution >= 0.6 is 11.8 Å². The lowest BCUT2D eigenvalue weighted by Crippen LogP contribution is -2.45. The van der Waals surface area contributed by atoms with E-state index in [9.17, 15) is 19.2 Å². The van der Waals surface area contributed by atoms with E-state index in [0.29, 0.717) is 5.69 Å². The van der Waals surface area contributed by atoms with Crippen LogP contribution in [0.5, 0.6) is 0 Å². The van der Waals surface area contributed by atoms with E-state index in [1.807, 2.05) is 18.2 Å². The van der Waals surface area contributed by atoms with Gasteiger partial charge in [-0.15, -0.1) is 11.8 Å². The Balaban J connectivity index is 1.39. The molecule has 1 fully saturated rings. The molecule has 4 amide bonds. The van der Waals surface area contributed by atoms with Crippen molar-refractivity contribution in [2.45, 2.75) is 48.3 Å². The topological polar surface area (TPSA) is 114 Å². The van der Waals surface area contributed by atoms with Gasteiger partial charge in [0, 0.05) is 10.9 Å². The van der Waals surface area contributed by atoms with Gasteiger partial charge >= 0.3 is 12.0 Å². The number of amides is 4. The number of nitrogens with one attached hydrogen (secondary N) is 3. The minimum Gasteiger partial charge on any atom is -0.456 e. The zero-order valence-electron chi connectivity index (χ0n) is 14.7. The Kier molecular flexibility index (Phi) is 6.33. The molecule has 3 rings (SSSR count). The molecule has 144 valence electrons. The summed E-state index contributed by atoms with van der Waals surface area (Å²) < 4.78 is 4.89. The number of carbonyl (C=O) groups excluding carboxylic acids is 4. The van der Waals surface area contributed by atoms with Gasteiger partial charge in [0.25, 0.3) is 5.91 Å². The molecule has 1 aromatic carbocycles. The molecule has 0 radical (unpaired) electrons. The number of thioether (sulfide) groups is 1. The van der Waals surface area contributed by atoms with Crippen LogP contribution in [0.1, 0.15) is 32.1 Å². The highest BCUT2D eigenvalue weighted by Gasteiger charge is 2.29. The van der Waals surface area contributed by atoms with E-state index in [1.165, 1.54) is 11.8 Å². The van der Waals surface area contributed by atoms with E-state index in [-0.39, 0.29) is 18.4 Å². The maximum atomic E-state index is 12.1. The van der Waals surface area contributed by atoms with Crippen LogP contribution in [-0.4, -0.2) is 41.7 Å². The maximum Gasteiger partial charge on any atom is 0.321 e. The first-order valence-corrected chi connectivity index (χ1v) is 9.72. The minimum atomic E-state index is -0.704. The van der Waals surface area contributed by atoms with E-state index in [0.717, 1.165) is 30.6 Å². The van der Waals surface area contributed by atoms with Crippen LogP contribution in [-0.2, 0) is 19.1 Å². The first-order valence-electron chi connectivity index (χ1n) is 8.84. The smallest absolute Gasteiger partial charge is 0.321 e. The molecule has 0 spiro atoms. The highest BCUT2D eigenvalue weighted by Crippen LogP contribution is 2.36. The second-order valence-corrected chi connectivity index (χ2v) is 7.70. The number of fused-ring (bicyclic) bond motifs is 1. The predicted octanol–water partition coefficient (Wildman–Crippen LogP) is 1.80. The second kappa shape index (κ2) is 8.90. The summed E-state index contributed by atoms with van der Waals surface area (Å²) in [5.41, 5.74) is 0.713. The second-order valence-electron chi connectivity index (χ2n) is 6.46. The van der Waals surface area contributed by atoms with Crippen molar-refractivity contribution < 1.29 is 23.9 Å². The van der Waals surface area contributed by atoms with Crippen LogP contribution < -0.4 is 16.0 Å². The Labute approximate surface area is 160 Å². The van der Waals surface area contributed by atoms with Gasteiger partial charge in [0.2, 0.25) is 5.91 Å². The molecule has 1 atom stereocenters. The molecule has 8 nitrogen and oxygen atoms in total. The number of hydrogen-bond donors (Lipinski definition) is 3. The zero-order chi connectivity index (χ0) is 19.2. The number of para-hydroxylation sites is 1. The highest BCUT2D eigenvalue weighted by molar-refractivity contribution is 8.01. The first-order chi connectivity index (χ1) is 13.0. The molecule has 1 saturated carbocycles. The predicted molar refractivity (Wildman–Crippen MR) is 99.2 cm³/mol. The van der Waals surface area contributed by atoms with Gasteiger partial charge in [-0.05, 0) is 25.0 Å². The van der Waals surface area contributed by atoms with Crippen LogP contribution in [0.25, 0.3) is 0 Å². The van der Waals surface area contributed by atoms with Gasteiger partial charge in [-0.2, -0.15) is 0 Å². The van der Waals surface area contributed by atoms with E-state index < -0.39 is 29.8 Å². The Morgan fingerprint density at radius 1 is 1.19 bits per heavy atom. The van der Waals surface area contributed by atoms with Gasteiger partial charge in [-0.25, -0.2) is 4.79 Å². The zero-order valence-corrected chi connectivity index (χ0v) is 15.5. The third-order valence-corrected chi connectivity index (χ3v) is 5.64. The van der Waals surface area contributed by atoms with Crippen molar-refractivity contribution in [2.75, 3.05) is 11.9 Å². The molecule has 27 heavy (non-hydrogen) atoms. The normalized spacial score (nSPS) is 19.0. The number of ether oxygens (including phenoxy) is 1. The number of esters is 1. The van der Waals surface area contributed by atoms with Crippen molar-refractivity contribution in [3.8, 4) is 0 Å². The van der Waals surface area contributed by atoms with Crippen molar-refractivity contribution in [3.05, 3.63) is 24.3 Å². The molecule has 1 unspecified atom stereocenters. The van der Waals surface area contributed by atoms with Gasteiger partial charge in [-0.1, -0.05) is 25.0 Å². The Hall–Kier alpha value is -2.55. The standard InChI is InChI=1S/C18H21N3O5S/c22-15(21-18(25)19-11-5-1-2-6-11)10-26-16(23)9-14-17(24)20-12-7-3-4-8-13(12)27-14/h3-4,7-8,11,14H,1-2,5-6,9-10H2,(H,20,24)(H2,19,21,22,25). The molecular formula is C18H21N3O5S. The molecule has 9 heteroatoms. The van der Waals surface area contributed by atoms with Crippen LogP contribution in [0.15, 0.2) is 29.2 Å². The monoisotopic (exact) mass is 391 g/mol. The van der Waals surface area contributed by atoms with Gasteiger partial charge in [0.1, 0.15) is 0 Å². The lowest BCUT2D eigenvalue weighted by molar-refractivity contribution is -0.148. The van der Waals surface area contributed by atoms with Crippen molar-refractivity contribution in [1.82, 2.24) is 10.6 Å². The number of urea groups is 1. The van der Waals surface area contributed by atoms with Crippen LogP contribution in [0.4, 0.5) is 10.5 Å². The summed E-state index contributed by atoms with van der Waals surface area (Å²) in [6.45, 7) is -0.563. The molecule has 0 saturated heterocycles. The number of rotatable bonds is 5. The Morgan fingerprint density at radius 3 is 2.70 bits per heavy atom. The molecule has 0 aromatic heterocycles. The summed E-state index contributed by atoms with van der Waals surface area (Å²) >= 11 is 1.28. The van der Waals surface area contributed by atoms with Gasteiger partial charge in [0.15, 0.2) is 6.61 Å². The maximum absolute atomic E-state index is 12.1. The van der Waals surface area contributed by atoms with Gasteiger partial charge in [0.05, 0.1) is 17.4 Å². The highest BCUT2D eigenvalue weighted by atomic mass is 32.2. The van der Waals surface area contributed by atoms with Crippen molar-refractivity contribution in [3.63, 3.8) is 0 Å². The van der Waals surface area contributed by atoms with Gasteiger partial charge < -0.3 is 15.4 Å². The largest absolute Gasteiger partial charge is 0.456 e. The third kappa shape index (κ3) is 5.46. The summed E-state index contributed by atoms with van der Waals surface area (Å²) in [6, 6.07) is 6.81. The van der Waals surface area contributed by atoms with Crippen LogP contribution in [0.2, 0.25) is 0 Å². The summed E-state index contributed by atoms with van der Waals surface area (Å²) in [7, 11) is 0. The molecule has 1 aliphatic heterocycles. The number of carbonyl (C=O) groups is 4. The molecule has 1 heterocycles. The van der Waals surface area contributed by atoms with Crippen molar-refractivity contribution in [2.24, 2.45) is 0 Å². The quantitative estimate of drug-likeness (QED) is 0.660. The van der Waals surface area contributed by atoms with Crippen LogP contribution in [0, 0.1) is 0 Å². The van der Waals surface area contributed by atoms with E-state index >= 15 is 0 Å². The molecule has 1 aromatic rings. The molecular weight excluding hydrogens is 370 g/mol. The van der Waals surface area contributed by atoms with Crippen molar-refractivity contribution >= 4 is 41.3 Å². The molecule has 2 aliphatic rings. The molecule has 3 N–H and O–H groups in total. The fourth-order valence-electron chi connectivity index (χ4n) is 3.04. The number of benzene rings is 1. The summed E-state index contributed by atoms with van der Waals surface area (Å²) in [5.74, 6) is -1.66. The number of anilines is 1. The molecule has 0 bridgehead atoms. The van der Waals surface area contributed by atoms with E-state index in [4.69, 9.17) is 4.74 Å². The Morgan fingerprint density at radius 2 is 1.93 bits per heavy atom. The fraction of sp³-hybridized carbons (Fsp3) is 0.444. The first kappa shape index (κ1) is 19.2. The third-order valence-electron chi connectivity index (χ3n) is 4.37. The fourth-order valence-corrected chi connectivity index (χ4v) is 4.13.